The molecule has 1 aromatic carbocycles. The zero-order valence-electron chi connectivity index (χ0n) is 18.2. The number of ether oxygens (including phenoxy) is 1. The van der Waals surface area contributed by atoms with Crippen LogP contribution in [0.2, 0.25) is 0 Å². The molecule has 0 saturated carbocycles. The van der Waals surface area contributed by atoms with Gasteiger partial charge in [-0.05, 0) is 25.3 Å². The molecule has 0 heterocycles. The van der Waals surface area contributed by atoms with Crippen LogP contribution in [0.25, 0.3) is 0 Å². The highest BCUT2D eigenvalue weighted by Crippen LogP contribution is 2.19. The largest absolute Gasteiger partial charge is 0.479 e. The standard InChI is InChI=1S/C23H33NO6/c1-4-6-7-8-9-10-11-18-12-14-19(15-13-18)20(26)16-23(21(27)28,24-17(3)25)22(29)30-5-2/h12-15H,4-11,16H2,1-3H3,(H,24,25)(H,27,28). The van der Waals surface area contributed by atoms with Gasteiger partial charge in [-0.3, -0.25) is 9.59 Å². The minimum Gasteiger partial charge on any atom is -0.479 e. The predicted octanol–water partition coefficient (Wildman–Crippen LogP) is 3.69. The van der Waals surface area contributed by atoms with Crippen molar-refractivity contribution in [3.8, 4) is 0 Å². The van der Waals surface area contributed by atoms with Crippen molar-refractivity contribution in [2.24, 2.45) is 0 Å². The van der Waals surface area contributed by atoms with E-state index in [0.29, 0.717) is 0 Å². The van der Waals surface area contributed by atoms with Crippen molar-refractivity contribution in [2.45, 2.75) is 77.7 Å². The van der Waals surface area contributed by atoms with E-state index in [9.17, 15) is 24.3 Å². The summed E-state index contributed by atoms with van der Waals surface area (Å²) in [6, 6.07) is 6.93. The first-order chi connectivity index (χ1) is 14.3. The minimum absolute atomic E-state index is 0.0746. The van der Waals surface area contributed by atoms with E-state index in [2.05, 4.69) is 12.2 Å². The average Bonchev–Trinajstić information content (AvgIpc) is 2.70. The number of rotatable bonds is 14. The highest BCUT2D eigenvalue weighted by molar-refractivity contribution is 6.12. The molecule has 1 unspecified atom stereocenters. The molecule has 0 aliphatic carbocycles. The van der Waals surface area contributed by atoms with Crippen LogP contribution in [-0.4, -0.2) is 40.9 Å². The van der Waals surface area contributed by atoms with Crippen molar-refractivity contribution in [3.63, 3.8) is 0 Å². The van der Waals surface area contributed by atoms with E-state index < -0.39 is 35.6 Å². The SMILES string of the molecule is CCCCCCCCc1ccc(C(=O)CC(NC(C)=O)(C(=O)O)C(=O)OCC)cc1. The van der Waals surface area contributed by atoms with E-state index in [1.807, 2.05) is 12.1 Å². The van der Waals surface area contributed by atoms with Crippen LogP contribution in [0.1, 0.15) is 81.6 Å². The molecule has 0 fully saturated rings. The Morgan fingerprint density at radius 3 is 2.10 bits per heavy atom. The zero-order valence-corrected chi connectivity index (χ0v) is 18.2. The number of hydrogen-bond donors (Lipinski definition) is 2. The summed E-state index contributed by atoms with van der Waals surface area (Å²) in [6.45, 7) is 4.71. The van der Waals surface area contributed by atoms with Gasteiger partial charge in [-0.2, -0.15) is 0 Å². The molecule has 1 aromatic rings. The summed E-state index contributed by atoms with van der Waals surface area (Å²) in [5, 5.41) is 11.7. The Morgan fingerprint density at radius 2 is 1.57 bits per heavy atom. The van der Waals surface area contributed by atoms with Gasteiger partial charge < -0.3 is 15.2 Å². The van der Waals surface area contributed by atoms with E-state index >= 15 is 0 Å². The number of unbranched alkanes of at least 4 members (excludes halogenated alkanes) is 5. The predicted molar refractivity (Wildman–Crippen MR) is 113 cm³/mol. The van der Waals surface area contributed by atoms with Gasteiger partial charge in [0.1, 0.15) is 0 Å². The molecule has 7 nitrogen and oxygen atoms in total. The summed E-state index contributed by atoms with van der Waals surface area (Å²) >= 11 is 0. The summed E-state index contributed by atoms with van der Waals surface area (Å²) in [5.74, 6) is -4.11. The molecule has 1 rings (SSSR count). The normalized spacial score (nSPS) is 12.6. The summed E-state index contributed by atoms with van der Waals surface area (Å²) in [6.07, 6.45) is 7.38. The van der Waals surface area contributed by atoms with Crippen molar-refractivity contribution in [1.29, 1.82) is 0 Å². The number of amides is 1. The lowest BCUT2D eigenvalue weighted by atomic mass is 9.89. The van der Waals surface area contributed by atoms with E-state index in [1.165, 1.54) is 32.6 Å². The molecule has 7 heteroatoms. The number of benzene rings is 1. The van der Waals surface area contributed by atoms with Crippen molar-refractivity contribution < 1.29 is 29.0 Å². The quantitative estimate of drug-likeness (QED) is 0.206. The zero-order chi connectivity index (χ0) is 22.6. The molecule has 1 atom stereocenters. The minimum atomic E-state index is -2.45. The third-order valence-corrected chi connectivity index (χ3v) is 4.90. The Balaban J connectivity index is 2.83. The number of ketones is 1. The van der Waals surface area contributed by atoms with E-state index in [1.54, 1.807) is 12.1 Å². The van der Waals surface area contributed by atoms with Crippen molar-refractivity contribution in [1.82, 2.24) is 5.32 Å². The highest BCUT2D eigenvalue weighted by Gasteiger charge is 2.50. The summed E-state index contributed by atoms with van der Waals surface area (Å²) in [5.41, 5.74) is -1.07. The van der Waals surface area contributed by atoms with Crippen LogP contribution in [0.5, 0.6) is 0 Å². The van der Waals surface area contributed by atoms with Crippen molar-refractivity contribution in [2.75, 3.05) is 6.61 Å². The lowest BCUT2D eigenvalue weighted by Gasteiger charge is -2.27. The molecule has 2 N–H and O–H groups in total. The van der Waals surface area contributed by atoms with Gasteiger partial charge in [0.25, 0.3) is 0 Å². The molecular formula is C23H33NO6. The Kier molecular flexibility index (Phi) is 10.8. The van der Waals surface area contributed by atoms with Crippen LogP contribution in [0.4, 0.5) is 0 Å². The van der Waals surface area contributed by atoms with Gasteiger partial charge in [0.05, 0.1) is 13.0 Å². The van der Waals surface area contributed by atoms with Crippen LogP contribution in [-0.2, 0) is 25.5 Å². The smallest absolute Gasteiger partial charge is 0.344 e. The molecule has 30 heavy (non-hydrogen) atoms. The Morgan fingerprint density at radius 1 is 0.967 bits per heavy atom. The lowest BCUT2D eigenvalue weighted by molar-refractivity contribution is -0.164. The molecule has 1 amide bonds. The number of hydrogen-bond acceptors (Lipinski definition) is 5. The van der Waals surface area contributed by atoms with E-state index in [-0.39, 0.29) is 12.2 Å². The maximum absolute atomic E-state index is 12.7. The lowest BCUT2D eigenvalue weighted by Crippen LogP contribution is -2.61. The van der Waals surface area contributed by atoms with Crippen LogP contribution >= 0.6 is 0 Å². The first kappa shape index (κ1) is 25.3. The Bertz CT molecular complexity index is 728. The number of carbonyl (C=O) groups is 4. The van der Waals surface area contributed by atoms with E-state index in [4.69, 9.17) is 4.74 Å². The van der Waals surface area contributed by atoms with Gasteiger partial charge >= 0.3 is 11.9 Å². The van der Waals surface area contributed by atoms with Crippen LogP contribution in [0, 0.1) is 0 Å². The van der Waals surface area contributed by atoms with Gasteiger partial charge in [-0.15, -0.1) is 0 Å². The summed E-state index contributed by atoms with van der Waals surface area (Å²) in [4.78, 5) is 48.4. The Hall–Kier alpha value is -2.70. The van der Waals surface area contributed by atoms with Gasteiger partial charge in [0, 0.05) is 12.5 Å². The van der Waals surface area contributed by atoms with Gasteiger partial charge in [-0.1, -0.05) is 63.3 Å². The molecule has 0 spiro atoms. The summed E-state index contributed by atoms with van der Waals surface area (Å²) in [7, 11) is 0. The highest BCUT2D eigenvalue weighted by atomic mass is 16.5. The second-order valence-electron chi connectivity index (χ2n) is 7.43. The van der Waals surface area contributed by atoms with Crippen molar-refractivity contribution in [3.05, 3.63) is 35.4 Å². The number of carboxylic acids is 1. The topological polar surface area (TPSA) is 110 Å². The third kappa shape index (κ3) is 7.61. The van der Waals surface area contributed by atoms with Crippen LogP contribution in [0.15, 0.2) is 24.3 Å². The second-order valence-corrected chi connectivity index (χ2v) is 7.43. The average molecular weight is 420 g/mol. The number of esters is 1. The summed E-state index contributed by atoms with van der Waals surface area (Å²) < 4.78 is 4.82. The fourth-order valence-electron chi connectivity index (χ4n) is 3.25. The number of Topliss-reactive ketones (excluding diaryl/α,β-unsaturated/α-hetero) is 1. The molecule has 0 radical (unpaired) electrons. The van der Waals surface area contributed by atoms with E-state index in [0.717, 1.165) is 31.7 Å². The molecule has 166 valence electrons. The number of carbonyl (C=O) groups excluding carboxylic acids is 3. The number of nitrogens with one attached hydrogen (secondary N) is 1. The molecular weight excluding hydrogens is 386 g/mol. The fourth-order valence-corrected chi connectivity index (χ4v) is 3.25. The monoisotopic (exact) mass is 419 g/mol. The second kappa shape index (κ2) is 12.8. The van der Waals surface area contributed by atoms with Gasteiger partial charge in [-0.25, -0.2) is 9.59 Å². The number of aryl methyl sites for hydroxylation is 1. The fraction of sp³-hybridized carbons (Fsp3) is 0.565. The maximum atomic E-state index is 12.7. The first-order valence-corrected chi connectivity index (χ1v) is 10.6. The Labute approximate surface area is 178 Å². The first-order valence-electron chi connectivity index (χ1n) is 10.6. The van der Waals surface area contributed by atoms with Gasteiger partial charge in [0.15, 0.2) is 5.78 Å². The van der Waals surface area contributed by atoms with Crippen LogP contribution in [0.3, 0.4) is 0 Å². The number of carboxylic acid groups (broad SMARTS) is 1. The molecule has 0 bridgehead atoms. The maximum Gasteiger partial charge on any atom is 0.344 e. The van der Waals surface area contributed by atoms with Gasteiger partial charge in [0.2, 0.25) is 11.4 Å². The number of aliphatic carboxylic acids is 1. The van der Waals surface area contributed by atoms with Crippen molar-refractivity contribution >= 4 is 23.6 Å². The molecule has 0 aliphatic rings. The van der Waals surface area contributed by atoms with Crippen LogP contribution < -0.4 is 5.32 Å². The molecule has 0 aromatic heterocycles. The molecule has 0 saturated heterocycles. The molecule has 0 aliphatic heterocycles. The third-order valence-electron chi connectivity index (χ3n) is 4.90.